The van der Waals surface area contributed by atoms with Crippen LogP contribution >= 0.6 is 0 Å². The van der Waals surface area contributed by atoms with E-state index in [1.54, 1.807) is 0 Å². The Morgan fingerprint density at radius 2 is 1.69 bits per heavy atom. The molecule has 3 rings (SSSR count). The molecule has 4 atom stereocenters. The number of carbonyl (C=O) groups is 2. The maximum atomic E-state index is 9.55. The van der Waals surface area contributed by atoms with E-state index < -0.39 is 11.9 Å². The van der Waals surface area contributed by atoms with E-state index in [0.29, 0.717) is 17.6 Å². The molecule has 1 aromatic rings. The van der Waals surface area contributed by atoms with E-state index in [2.05, 4.69) is 63.3 Å². The summed E-state index contributed by atoms with van der Waals surface area (Å²) in [5.74, 6) is -1.76. The highest BCUT2D eigenvalue weighted by molar-refractivity contribution is 5.89. The van der Waals surface area contributed by atoms with Crippen molar-refractivity contribution in [1.82, 2.24) is 5.32 Å². The lowest BCUT2D eigenvalue weighted by Gasteiger charge is -2.50. The van der Waals surface area contributed by atoms with Gasteiger partial charge in [0.25, 0.3) is 0 Å². The standard InChI is InChI=1S/C19H29NO.C4H4O4/c1-14(20-5)21-19(15-9-7-6-8-10-15)13-16-11-12-18(19,4)17(16,2)3;5-3(6)1-2-4(7)8/h6-10,14,16,20H,11-13H2,1-5H3;1-2H,(H,5,6)(H,7,8)/b;2-1+/t14-,16-,18?,19+;/m1./s1. The third-order valence-electron chi connectivity index (χ3n) is 7.25. The van der Waals surface area contributed by atoms with Crippen LogP contribution in [-0.4, -0.2) is 35.4 Å². The van der Waals surface area contributed by atoms with E-state index in [1.807, 2.05) is 7.05 Å². The van der Waals surface area contributed by atoms with E-state index in [-0.39, 0.29) is 17.2 Å². The summed E-state index contributed by atoms with van der Waals surface area (Å²) in [5.41, 5.74) is 1.71. The van der Waals surface area contributed by atoms with Crippen LogP contribution in [0.25, 0.3) is 0 Å². The van der Waals surface area contributed by atoms with Crippen molar-refractivity contribution in [2.75, 3.05) is 7.05 Å². The number of carboxylic acid groups (broad SMARTS) is 2. The molecular formula is C23H33NO5. The molecule has 2 fully saturated rings. The van der Waals surface area contributed by atoms with Gasteiger partial charge in [0.05, 0.1) is 0 Å². The maximum Gasteiger partial charge on any atom is 0.328 e. The number of hydrogen-bond acceptors (Lipinski definition) is 4. The largest absolute Gasteiger partial charge is 0.478 e. The molecule has 6 heteroatoms. The lowest BCUT2D eigenvalue weighted by molar-refractivity contribution is -0.179. The van der Waals surface area contributed by atoms with Crippen LogP contribution in [-0.2, 0) is 19.9 Å². The summed E-state index contributed by atoms with van der Waals surface area (Å²) in [6.07, 6.45) is 4.93. The maximum absolute atomic E-state index is 9.55. The topological polar surface area (TPSA) is 95.9 Å². The highest BCUT2D eigenvalue weighted by Crippen LogP contribution is 2.73. The molecule has 6 nitrogen and oxygen atoms in total. The molecule has 0 aliphatic heterocycles. The van der Waals surface area contributed by atoms with E-state index in [9.17, 15) is 9.59 Å². The van der Waals surface area contributed by atoms with Gasteiger partial charge in [-0.1, -0.05) is 51.1 Å². The molecular weight excluding hydrogens is 370 g/mol. The highest BCUT2D eigenvalue weighted by Gasteiger charge is 2.70. The van der Waals surface area contributed by atoms with Gasteiger partial charge < -0.3 is 14.9 Å². The van der Waals surface area contributed by atoms with Gasteiger partial charge in [0.15, 0.2) is 0 Å². The number of hydrogen-bond donors (Lipinski definition) is 3. The predicted octanol–water partition coefficient (Wildman–Crippen LogP) is 4.02. The third-order valence-corrected chi connectivity index (χ3v) is 7.25. The molecule has 1 unspecified atom stereocenters. The van der Waals surface area contributed by atoms with Gasteiger partial charge in [-0.25, -0.2) is 9.59 Å². The van der Waals surface area contributed by atoms with Gasteiger partial charge in [0, 0.05) is 17.6 Å². The SMILES string of the molecule is CN[C@@H](C)O[C@]1(c2ccccc2)C[C@H]2CCC1(C)C2(C)C.O=C(O)/C=C/C(=O)O. The van der Waals surface area contributed by atoms with Gasteiger partial charge in [-0.15, -0.1) is 0 Å². The summed E-state index contributed by atoms with van der Waals surface area (Å²) in [7, 11) is 1.98. The average Bonchev–Trinajstić information content (AvgIpc) is 3.00. The first-order valence-electron chi connectivity index (χ1n) is 10.0. The quantitative estimate of drug-likeness (QED) is 0.490. The smallest absolute Gasteiger partial charge is 0.328 e. The van der Waals surface area contributed by atoms with Crippen molar-refractivity contribution < 1.29 is 24.5 Å². The predicted molar refractivity (Wildman–Crippen MR) is 111 cm³/mol. The van der Waals surface area contributed by atoms with E-state index in [0.717, 1.165) is 12.3 Å². The molecule has 3 N–H and O–H groups in total. The molecule has 0 saturated heterocycles. The van der Waals surface area contributed by atoms with Crippen LogP contribution in [0, 0.1) is 16.7 Å². The second-order valence-electron chi connectivity index (χ2n) is 8.75. The summed E-state index contributed by atoms with van der Waals surface area (Å²) < 4.78 is 6.70. The number of nitrogens with one attached hydrogen (secondary N) is 1. The molecule has 29 heavy (non-hydrogen) atoms. The Bertz CT molecular complexity index is 744. The Labute approximate surface area is 173 Å². The Morgan fingerprint density at radius 3 is 2.07 bits per heavy atom. The lowest BCUT2D eigenvalue weighted by Crippen LogP contribution is -2.50. The first kappa shape index (κ1) is 23.1. The average molecular weight is 404 g/mol. The van der Waals surface area contributed by atoms with Crippen molar-refractivity contribution in [3.63, 3.8) is 0 Å². The van der Waals surface area contributed by atoms with Crippen LogP contribution < -0.4 is 5.32 Å². The molecule has 0 heterocycles. The zero-order chi connectivity index (χ0) is 21.9. The fourth-order valence-corrected chi connectivity index (χ4v) is 5.14. The van der Waals surface area contributed by atoms with Crippen molar-refractivity contribution in [2.45, 2.75) is 58.8 Å². The number of rotatable bonds is 6. The second-order valence-corrected chi connectivity index (χ2v) is 8.75. The molecule has 2 aliphatic carbocycles. The second kappa shape index (κ2) is 8.67. The van der Waals surface area contributed by atoms with Crippen LogP contribution in [0.15, 0.2) is 42.5 Å². The van der Waals surface area contributed by atoms with Crippen molar-refractivity contribution in [3.05, 3.63) is 48.0 Å². The fourth-order valence-electron chi connectivity index (χ4n) is 5.14. The third kappa shape index (κ3) is 4.23. The number of carboxylic acids is 2. The minimum atomic E-state index is -1.26. The molecule has 0 aromatic heterocycles. The molecule has 1 aromatic carbocycles. The minimum Gasteiger partial charge on any atom is -0.478 e. The molecule has 2 saturated carbocycles. The molecule has 0 spiro atoms. The molecule has 160 valence electrons. The van der Waals surface area contributed by atoms with Crippen molar-refractivity contribution in [2.24, 2.45) is 16.7 Å². The number of benzene rings is 1. The van der Waals surface area contributed by atoms with Gasteiger partial charge in [-0.3, -0.25) is 5.32 Å². The van der Waals surface area contributed by atoms with Crippen LogP contribution in [0.1, 0.15) is 52.5 Å². The highest BCUT2D eigenvalue weighted by atomic mass is 16.5. The Morgan fingerprint density at radius 1 is 1.14 bits per heavy atom. The van der Waals surface area contributed by atoms with Gasteiger partial charge in [0.1, 0.15) is 11.8 Å². The fraction of sp³-hybridized carbons (Fsp3) is 0.565. The summed E-state index contributed by atoms with van der Waals surface area (Å²) >= 11 is 0. The zero-order valence-electron chi connectivity index (χ0n) is 17.9. The van der Waals surface area contributed by atoms with Crippen LogP contribution in [0.2, 0.25) is 0 Å². The zero-order valence-corrected chi connectivity index (χ0v) is 17.9. The van der Waals surface area contributed by atoms with Crippen molar-refractivity contribution in [1.29, 1.82) is 0 Å². The van der Waals surface area contributed by atoms with Crippen LogP contribution in [0.3, 0.4) is 0 Å². The molecule has 0 radical (unpaired) electrons. The summed E-state index contributed by atoms with van der Waals surface area (Å²) in [4.78, 5) is 19.1. The Balaban J connectivity index is 0.000000321. The first-order chi connectivity index (χ1) is 13.5. The van der Waals surface area contributed by atoms with Gasteiger partial charge in [-0.2, -0.15) is 0 Å². The van der Waals surface area contributed by atoms with Crippen molar-refractivity contribution in [3.8, 4) is 0 Å². The molecule has 2 aliphatic rings. The Hall–Kier alpha value is -2.18. The Kier molecular flexibility index (Phi) is 6.91. The normalized spacial score (nSPS) is 30.6. The van der Waals surface area contributed by atoms with E-state index in [1.165, 1.54) is 18.4 Å². The molecule has 0 amide bonds. The van der Waals surface area contributed by atoms with Crippen LogP contribution in [0.4, 0.5) is 0 Å². The monoisotopic (exact) mass is 403 g/mol. The van der Waals surface area contributed by atoms with Gasteiger partial charge >= 0.3 is 11.9 Å². The van der Waals surface area contributed by atoms with Crippen LogP contribution in [0.5, 0.6) is 0 Å². The van der Waals surface area contributed by atoms with E-state index in [4.69, 9.17) is 14.9 Å². The molecule has 2 bridgehead atoms. The first-order valence-corrected chi connectivity index (χ1v) is 10.0. The van der Waals surface area contributed by atoms with Gasteiger partial charge in [-0.05, 0) is 50.1 Å². The van der Waals surface area contributed by atoms with E-state index >= 15 is 0 Å². The number of ether oxygens (including phenoxy) is 1. The summed E-state index contributed by atoms with van der Waals surface area (Å²) in [5, 5.41) is 18.9. The minimum absolute atomic E-state index is 0.0668. The lowest BCUT2D eigenvalue weighted by atomic mass is 9.62. The van der Waals surface area contributed by atoms with Gasteiger partial charge in [0.2, 0.25) is 0 Å². The number of aliphatic carboxylic acids is 2. The summed E-state index contributed by atoms with van der Waals surface area (Å²) in [6.45, 7) is 9.47. The van der Waals surface area contributed by atoms with Crippen molar-refractivity contribution >= 4 is 11.9 Å². The number of fused-ring (bicyclic) bond motifs is 2. The summed E-state index contributed by atoms with van der Waals surface area (Å²) in [6, 6.07) is 10.9.